The van der Waals surface area contributed by atoms with Gasteiger partial charge in [0.05, 0.1) is 0 Å². The highest BCUT2D eigenvalue weighted by atomic mass is 32.2. The van der Waals surface area contributed by atoms with Gasteiger partial charge < -0.3 is 10.1 Å². The van der Waals surface area contributed by atoms with Gasteiger partial charge in [0.2, 0.25) is 11.0 Å². The molecule has 1 atom stereocenters. The first-order valence-corrected chi connectivity index (χ1v) is 9.84. The second kappa shape index (κ2) is 6.55. The summed E-state index contributed by atoms with van der Waals surface area (Å²) in [5, 5.41) is 15.0. The van der Waals surface area contributed by atoms with E-state index in [0.29, 0.717) is 16.7 Å². The van der Waals surface area contributed by atoms with Crippen LogP contribution in [0.3, 0.4) is 0 Å². The number of nitrogens with one attached hydrogen (secondary N) is 1. The Morgan fingerprint density at radius 2 is 1.74 bits per heavy atom. The summed E-state index contributed by atoms with van der Waals surface area (Å²) in [6, 6.07) is 22.6. The molecule has 0 radical (unpaired) electrons. The van der Waals surface area contributed by atoms with Crippen molar-refractivity contribution in [1.29, 1.82) is 0 Å². The fourth-order valence-corrected chi connectivity index (χ4v) is 3.55. The van der Waals surface area contributed by atoms with E-state index in [0.717, 1.165) is 16.8 Å². The van der Waals surface area contributed by atoms with Gasteiger partial charge in [-0.3, -0.25) is 0 Å². The van der Waals surface area contributed by atoms with Crippen LogP contribution in [0.25, 0.3) is 22.0 Å². The van der Waals surface area contributed by atoms with Gasteiger partial charge >= 0.3 is 0 Å². The molecule has 27 heavy (non-hydrogen) atoms. The highest BCUT2D eigenvalue weighted by molar-refractivity contribution is 7.98. The molecule has 0 saturated carbocycles. The fourth-order valence-electron chi connectivity index (χ4n) is 3.26. The summed E-state index contributed by atoms with van der Waals surface area (Å²) >= 11 is 1.44. The molecule has 0 saturated heterocycles. The van der Waals surface area contributed by atoms with Crippen LogP contribution in [0, 0.1) is 0 Å². The Balaban J connectivity index is 1.65. The van der Waals surface area contributed by atoms with E-state index in [2.05, 4.69) is 50.8 Å². The lowest BCUT2D eigenvalue weighted by atomic mass is 10.1. The summed E-state index contributed by atoms with van der Waals surface area (Å²) in [5.74, 6) is 0.491. The molecule has 5 rings (SSSR count). The second-order valence-corrected chi connectivity index (χ2v) is 7.02. The molecule has 1 aliphatic rings. The zero-order valence-corrected chi connectivity index (χ0v) is 15.4. The number of anilines is 1. The van der Waals surface area contributed by atoms with Gasteiger partial charge in [-0.05, 0) is 29.2 Å². The Hall–Kier alpha value is -3.12. The molecule has 6 heteroatoms. The molecule has 1 unspecified atom stereocenters. The van der Waals surface area contributed by atoms with Crippen LogP contribution in [0.15, 0.2) is 71.9 Å². The minimum atomic E-state index is -0.372. The zero-order chi connectivity index (χ0) is 18.2. The maximum absolute atomic E-state index is 6.28. The van der Waals surface area contributed by atoms with Crippen molar-refractivity contribution >= 4 is 28.2 Å². The summed E-state index contributed by atoms with van der Waals surface area (Å²) in [6.07, 6.45) is 1.55. The van der Waals surface area contributed by atoms with Gasteiger partial charge in [0.1, 0.15) is 0 Å². The van der Waals surface area contributed by atoms with Crippen LogP contribution < -0.4 is 10.1 Å². The summed E-state index contributed by atoms with van der Waals surface area (Å²) in [7, 11) is 0. The molecule has 0 bridgehead atoms. The van der Waals surface area contributed by atoms with Crippen LogP contribution in [0.4, 0.5) is 5.69 Å². The van der Waals surface area contributed by atoms with Crippen molar-refractivity contribution in [3.05, 3.63) is 72.3 Å². The molecule has 5 nitrogen and oxygen atoms in total. The van der Waals surface area contributed by atoms with E-state index in [1.807, 2.05) is 42.7 Å². The van der Waals surface area contributed by atoms with Crippen molar-refractivity contribution in [2.45, 2.75) is 11.4 Å². The molecule has 132 valence electrons. The number of benzene rings is 3. The van der Waals surface area contributed by atoms with Gasteiger partial charge in [0.15, 0.2) is 11.9 Å². The summed E-state index contributed by atoms with van der Waals surface area (Å²) < 4.78 is 6.28. The van der Waals surface area contributed by atoms with Gasteiger partial charge in [0.25, 0.3) is 0 Å². The largest absolute Gasteiger partial charge is 0.448 e. The lowest BCUT2D eigenvalue weighted by Gasteiger charge is -2.19. The van der Waals surface area contributed by atoms with Crippen LogP contribution in [-0.4, -0.2) is 21.4 Å². The van der Waals surface area contributed by atoms with Gasteiger partial charge in [-0.15, -0.1) is 10.2 Å². The number of nitrogens with zero attached hydrogens (tertiary/aromatic N) is 3. The Morgan fingerprint density at radius 3 is 2.63 bits per heavy atom. The molecule has 1 aliphatic heterocycles. The number of ether oxygens (including phenoxy) is 1. The third-order valence-corrected chi connectivity index (χ3v) is 5.13. The van der Waals surface area contributed by atoms with Gasteiger partial charge in [-0.1, -0.05) is 66.4 Å². The molecule has 1 aromatic heterocycles. The molecule has 2 heterocycles. The number of aromatic nitrogens is 3. The van der Waals surface area contributed by atoms with Crippen LogP contribution in [0.1, 0.15) is 11.8 Å². The maximum atomic E-state index is 6.28. The Morgan fingerprint density at radius 1 is 0.926 bits per heavy atom. The summed E-state index contributed by atoms with van der Waals surface area (Å²) in [5.41, 5.74) is 3.56. The molecule has 4 aromatic rings. The zero-order valence-electron chi connectivity index (χ0n) is 14.6. The third kappa shape index (κ3) is 2.88. The van der Waals surface area contributed by atoms with Crippen LogP contribution in [0.5, 0.6) is 5.88 Å². The van der Waals surface area contributed by atoms with E-state index in [-0.39, 0.29) is 6.23 Å². The van der Waals surface area contributed by atoms with E-state index < -0.39 is 0 Å². The first-order chi connectivity index (χ1) is 13.3. The molecule has 0 spiro atoms. The normalized spacial score (nSPS) is 15.2. The van der Waals surface area contributed by atoms with Crippen molar-refractivity contribution in [3.8, 4) is 17.1 Å². The molecular weight excluding hydrogens is 356 g/mol. The predicted molar refractivity (Wildman–Crippen MR) is 108 cm³/mol. The van der Waals surface area contributed by atoms with E-state index in [4.69, 9.17) is 4.74 Å². The fraction of sp³-hybridized carbons (Fsp3) is 0.0952. The smallest absolute Gasteiger partial charge is 0.247 e. The number of hydrogen-bond donors (Lipinski definition) is 1. The maximum Gasteiger partial charge on any atom is 0.247 e. The van der Waals surface area contributed by atoms with E-state index >= 15 is 0 Å². The summed E-state index contributed by atoms with van der Waals surface area (Å²) in [4.78, 5) is 4.56. The number of thioether (sulfide) groups is 1. The minimum absolute atomic E-state index is 0.372. The Labute approximate surface area is 160 Å². The average molecular weight is 372 g/mol. The van der Waals surface area contributed by atoms with Crippen LogP contribution in [0.2, 0.25) is 0 Å². The van der Waals surface area contributed by atoms with Crippen molar-refractivity contribution in [3.63, 3.8) is 0 Å². The highest BCUT2D eigenvalue weighted by Gasteiger charge is 2.25. The van der Waals surface area contributed by atoms with Crippen molar-refractivity contribution in [2.24, 2.45) is 0 Å². The topological polar surface area (TPSA) is 59.9 Å². The van der Waals surface area contributed by atoms with Crippen molar-refractivity contribution in [1.82, 2.24) is 15.2 Å². The van der Waals surface area contributed by atoms with Crippen molar-refractivity contribution in [2.75, 3.05) is 11.6 Å². The number of rotatable bonds is 2. The summed E-state index contributed by atoms with van der Waals surface area (Å²) in [6.45, 7) is 0. The molecular formula is C21H16N4OS. The highest BCUT2D eigenvalue weighted by Crippen LogP contribution is 2.39. The van der Waals surface area contributed by atoms with E-state index in [1.165, 1.54) is 22.5 Å². The van der Waals surface area contributed by atoms with Gasteiger partial charge in [-0.2, -0.15) is 4.98 Å². The van der Waals surface area contributed by atoms with Crippen LogP contribution >= 0.6 is 11.8 Å². The number of fused-ring (bicyclic) bond motifs is 4. The Kier molecular flexibility index (Phi) is 3.90. The Bertz CT molecular complexity index is 1150. The van der Waals surface area contributed by atoms with Crippen LogP contribution in [-0.2, 0) is 0 Å². The molecule has 0 aliphatic carbocycles. The van der Waals surface area contributed by atoms with E-state index in [1.54, 1.807) is 0 Å². The molecule has 0 amide bonds. The molecule has 1 N–H and O–H groups in total. The lowest BCUT2D eigenvalue weighted by Crippen LogP contribution is -2.17. The van der Waals surface area contributed by atoms with Gasteiger partial charge in [-0.25, -0.2) is 0 Å². The van der Waals surface area contributed by atoms with Crippen molar-refractivity contribution < 1.29 is 4.74 Å². The second-order valence-electron chi connectivity index (χ2n) is 6.25. The first kappa shape index (κ1) is 16.1. The number of hydrogen-bond acceptors (Lipinski definition) is 6. The van der Waals surface area contributed by atoms with E-state index in [9.17, 15) is 0 Å². The third-order valence-electron chi connectivity index (χ3n) is 4.59. The first-order valence-electron chi connectivity index (χ1n) is 8.62. The minimum Gasteiger partial charge on any atom is -0.448 e. The average Bonchev–Trinajstić information content (AvgIpc) is 2.89. The lowest BCUT2D eigenvalue weighted by molar-refractivity contribution is 0.225. The molecule has 3 aromatic carbocycles. The monoisotopic (exact) mass is 372 g/mol. The van der Waals surface area contributed by atoms with Gasteiger partial charge in [0, 0.05) is 16.8 Å². The predicted octanol–water partition coefficient (Wildman–Crippen LogP) is 4.92. The SMILES string of the molecule is CSc1nnc2c(n1)OC(c1ccc3ccccc3c1)Nc1ccccc1-2. The number of para-hydroxylation sites is 1. The molecule has 0 fully saturated rings. The quantitative estimate of drug-likeness (QED) is 0.504. The standard InChI is InChI=1S/C21H16N4OS/c1-27-21-23-20-18(24-25-21)16-8-4-5-9-17(16)22-19(26-20)15-11-10-13-6-2-3-7-14(13)12-15/h2-12,19,22H,1H3.